The summed E-state index contributed by atoms with van der Waals surface area (Å²) < 4.78 is 11.1. The highest BCUT2D eigenvalue weighted by Crippen LogP contribution is 2.45. The van der Waals surface area contributed by atoms with Crippen LogP contribution in [0.15, 0.2) is 30.6 Å². The fourth-order valence-electron chi connectivity index (χ4n) is 4.45. The number of piperidine rings is 1. The van der Waals surface area contributed by atoms with Gasteiger partial charge < -0.3 is 19.5 Å². The van der Waals surface area contributed by atoms with Crippen LogP contribution in [0.4, 0.5) is 11.4 Å². The number of carboxylic acids is 1. The van der Waals surface area contributed by atoms with E-state index in [2.05, 4.69) is 9.97 Å². The molecule has 0 bridgehead atoms. The Hall–Kier alpha value is -3.43. The van der Waals surface area contributed by atoms with E-state index in [9.17, 15) is 20.0 Å². The van der Waals surface area contributed by atoms with Crippen molar-refractivity contribution in [3.8, 4) is 11.8 Å². The molecule has 1 saturated heterocycles. The highest BCUT2D eigenvalue weighted by molar-refractivity contribution is 5.68. The van der Waals surface area contributed by atoms with Gasteiger partial charge in [-0.05, 0) is 55.1 Å². The smallest absolute Gasteiger partial charge is 0.310 e. The molecule has 10 nitrogen and oxygen atoms in total. The Morgan fingerprint density at radius 1 is 1.24 bits per heavy atom. The maximum absolute atomic E-state index is 11.4. The third-order valence-corrected chi connectivity index (χ3v) is 6.44. The third-order valence-electron chi connectivity index (χ3n) is 6.44. The van der Waals surface area contributed by atoms with Crippen molar-refractivity contribution in [1.29, 1.82) is 0 Å². The zero-order valence-corrected chi connectivity index (χ0v) is 18.6. The van der Waals surface area contributed by atoms with Crippen LogP contribution in [-0.2, 0) is 4.79 Å². The Morgan fingerprint density at radius 3 is 2.64 bits per heavy atom. The van der Waals surface area contributed by atoms with Crippen LogP contribution in [0.1, 0.15) is 43.6 Å². The summed E-state index contributed by atoms with van der Waals surface area (Å²) >= 11 is 0. The first-order valence-electron chi connectivity index (χ1n) is 11.2. The van der Waals surface area contributed by atoms with Gasteiger partial charge in [-0.3, -0.25) is 14.9 Å². The lowest BCUT2D eigenvalue weighted by Gasteiger charge is -2.33. The Balaban J connectivity index is 1.34. The summed E-state index contributed by atoms with van der Waals surface area (Å²) in [6.07, 6.45) is 6.82. The molecule has 0 aromatic carbocycles. The number of rotatable bonds is 10. The van der Waals surface area contributed by atoms with Crippen LogP contribution in [0.25, 0.3) is 0 Å². The van der Waals surface area contributed by atoms with Crippen molar-refractivity contribution < 1.29 is 24.3 Å². The number of anilines is 1. The standard InChI is InChI=1S/C23H28N4O6/c1-32-21-12-19(20(13-25-21)27(30)31)26-8-5-15(6-9-26)14-33-22-10-17(4-7-24-22)18(11-23(28)29)16-2-3-16/h4,7,10,12-13,15-16,18H,2-3,5-6,8-9,11,14H2,1H3,(H,28,29)/t18-/m0/s1. The average molecular weight is 456 g/mol. The first-order valence-corrected chi connectivity index (χ1v) is 11.2. The summed E-state index contributed by atoms with van der Waals surface area (Å²) in [6, 6.07) is 5.36. The molecule has 2 aliphatic rings. The second kappa shape index (κ2) is 10.0. The van der Waals surface area contributed by atoms with Crippen molar-refractivity contribution in [2.45, 2.75) is 38.0 Å². The number of ether oxygens (including phenoxy) is 2. The largest absolute Gasteiger partial charge is 0.481 e. The molecule has 1 aliphatic heterocycles. The highest BCUT2D eigenvalue weighted by atomic mass is 16.6. The lowest BCUT2D eigenvalue weighted by molar-refractivity contribution is -0.384. The Bertz CT molecular complexity index is 1000. The fourth-order valence-corrected chi connectivity index (χ4v) is 4.45. The van der Waals surface area contributed by atoms with E-state index in [1.54, 1.807) is 12.3 Å². The molecule has 176 valence electrons. The number of hydrogen-bond donors (Lipinski definition) is 1. The minimum atomic E-state index is -0.787. The average Bonchev–Trinajstić information content (AvgIpc) is 3.66. The van der Waals surface area contributed by atoms with Gasteiger partial charge in [-0.2, -0.15) is 0 Å². The number of aromatic nitrogens is 2. The number of hydrogen-bond acceptors (Lipinski definition) is 8. The van der Waals surface area contributed by atoms with E-state index >= 15 is 0 Å². The van der Waals surface area contributed by atoms with Crippen molar-refractivity contribution >= 4 is 17.3 Å². The van der Waals surface area contributed by atoms with Crippen LogP contribution in [-0.4, -0.2) is 52.8 Å². The summed E-state index contributed by atoms with van der Waals surface area (Å²) in [5.41, 5.74) is 1.46. The van der Waals surface area contributed by atoms with Crippen molar-refractivity contribution in [2.24, 2.45) is 11.8 Å². The van der Waals surface area contributed by atoms with Crippen molar-refractivity contribution in [2.75, 3.05) is 31.7 Å². The number of pyridine rings is 2. The molecule has 2 aromatic heterocycles. The monoisotopic (exact) mass is 456 g/mol. The third kappa shape index (κ3) is 5.68. The van der Waals surface area contributed by atoms with Crippen LogP contribution in [0.3, 0.4) is 0 Å². The Kier molecular flexibility index (Phi) is 6.90. The Morgan fingerprint density at radius 2 is 2.00 bits per heavy atom. The molecule has 1 aliphatic carbocycles. The molecule has 4 rings (SSSR count). The van der Waals surface area contributed by atoms with E-state index < -0.39 is 10.9 Å². The first-order chi connectivity index (χ1) is 15.9. The topological polar surface area (TPSA) is 128 Å². The minimum absolute atomic E-state index is 0.00392. The maximum Gasteiger partial charge on any atom is 0.310 e. The van der Waals surface area contributed by atoms with Gasteiger partial charge in [0.2, 0.25) is 11.8 Å². The predicted molar refractivity (Wildman–Crippen MR) is 120 cm³/mol. The molecule has 3 heterocycles. The van der Waals surface area contributed by atoms with E-state index in [4.69, 9.17) is 9.47 Å². The van der Waals surface area contributed by atoms with Crippen molar-refractivity contribution in [1.82, 2.24) is 9.97 Å². The first kappa shape index (κ1) is 22.8. The minimum Gasteiger partial charge on any atom is -0.481 e. The van der Waals surface area contributed by atoms with E-state index in [1.165, 1.54) is 13.3 Å². The van der Waals surface area contributed by atoms with E-state index in [-0.39, 0.29) is 18.0 Å². The molecule has 0 spiro atoms. The fraction of sp³-hybridized carbons (Fsp3) is 0.522. The summed E-state index contributed by atoms with van der Waals surface area (Å²) in [4.78, 5) is 32.5. The molecule has 0 unspecified atom stereocenters. The van der Waals surface area contributed by atoms with Gasteiger partial charge >= 0.3 is 11.7 Å². The number of carboxylic acid groups (broad SMARTS) is 1. The molecule has 1 atom stereocenters. The normalized spacial score (nSPS) is 17.4. The van der Waals surface area contributed by atoms with Gasteiger partial charge in [-0.25, -0.2) is 9.97 Å². The number of aliphatic carboxylic acids is 1. The zero-order chi connectivity index (χ0) is 23.4. The number of carbonyl (C=O) groups is 1. The number of nitro groups is 1. The van der Waals surface area contributed by atoms with Crippen LogP contribution >= 0.6 is 0 Å². The van der Waals surface area contributed by atoms with E-state index in [0.717, 1.165) is 31.2 Å². The quantitative estimate of drug-likeness (QED) is 0.421. The molecule has 2 aromatic rings. The summed E-state index contributed by atoms with van der Waals surface area (Å²) in [5.74, 6) is 0.804. The molecule has 1 saturated carbocycles. The molecular weight excluding hydrogens is 428 g/mol. The SMILES string of the molecule is COc1cc(N2CCC(COc3cc([C@@H](CC(=O)O)C4CC4)ccn3)CC2)c([N+](=O)[O-])cn1. The van der Waals surface area contributed by atoms with Crippen LogP contribution in [0, 0.1) is 22.0 Å². The summed E-state index contributed by atoms with van der Waals surface area (Å²) in [6.45, 7) is 1.83. The molecular formula is C23H28N4O6. The highest BCUT2D eigenvalue weighted by Gasteiger charge is 2.34. The van der Waals surface area contributed by atoms with Gasteiger partial charge in [0.25, 0.3) is 0 Å². The van der Waals surface area contributed by atoms with Gasteiger partial charge in [0.1, 0.15) is 11.9 Å². The van der Waals surface area contributed by atoms with Gasteiger partial charge in [0.15, 0.2) is 0 Å². The molecule has 10 heteroatoms. The van der Waals surface area contributed by atoms with Crippen LogP contribution in [0.2, 0.25) is 0 Å². The van der Waals surface area contributed by atoms with E-state index in [1.807, 2.05) is 17.0 Å². The summed E-state index contributed by atoms with van der Waals surface area (Å²) in [7, 11) is 1.49. The van der Waals surface area contributed by atoms with E-state index in [0.29, 0.717) is 49.0 Å². The lowest BCUT2D eigenvalue weighted by atomic mass is 9.92. The van der Waals surface area contributed by atoms with Gasteiger partial charge in [-0.1, -0.05) is 0 Å². The predicted octanol–water partition coefficient (Wildman–Crippen LogP) is 3.66. The number of methoxy groups -OCH3 is 1. The van der Waals surface area contributed by atoms with Crippen LogP contribution in [0.5, 0.6) is 11.8 Å². The molecule has 0 amide bonds. The van der Waals surface area contributed by atoms with Gasteiger partial charge in [0, 0.05) is 31.4 Å². The Labute approximate surface area is 191 Å². The second-order valence-electron chi connectivity index (χ2n) is 8.68. The zero-order valence-electron chi connectivity index (χ0n) is 18.6. The second-order valence-corrected chi connectivity index (χ2v) is 8.68. The van der Waals surface area contributed by atoms with Crippen molar-refractivity contribution in [3.63, 3.8) is 0 Å². The van der Waals surface area contributed by atoms with Gasteiger partial charge in [0.05, 0.1) is 25.1 Å². The van der Waals surface area contributed by atoms with Crippen molar-refractivity contribution in [3.05, 3.63) is 46.3 Å². The molecule has 0 radical (unpaired) electrons. The maximum atomic E-state index is 11.4. The number of nitrogens with zero attached hydrogens (tertiary/aromatic N) is 4. The lowest BCUT2D eigenvalue weighted by Crippen LogP contribution is -2.36. The van der Waals surface area contributed by atoms with Crippen LogP contribution < -0.4 is 14.4 Å². The molecule has 33 heavy (non-hydrogen) atoms. The molecule has 1 N–H and O–H groups in total. The summed E-state index contributed by atoms with van der Waals surface area (Å²) in [5, 5.41) is 20.7. The molecule has 2 fully saturated rings. The van der Waals surface area contributed by atoms with Gasteiger partial charge in [-0.15, -0.1) is 0 Å².